The van der Waals surface area contributed by atoms with Gasteiger partial charge in [0.1, 0.15) is 0 Å². The van der Waals surface area contributed by atoms with E-state index >= 15 is 0 Å². The summed E-state index contributed by atoms with van der Waals surface area (Å²) < 4.78 is 47.1. The largest absolute Gasteiger partial charge is 0.494 e. The van der Waals surface area contributed by atoms with E-state index in [2.05, 4.69) is 5.32 Å². The molecule has 6 nitrogen and oxygen atoms in total. The first-order valence-corrected chi connectivity index (χ1v) is 9.90. The molecule has 2 fully saturated rings. The number of nitrogens with zero attached hydrogens (tertiary/aromatic N) is 2. The Morgan fingerprint density at radius 1 is 1.13 bits per heavy atom. The number of benzene rings is 2. The summed E-state index contributed by atoms with van der Waals surface area (Å²) in [6, 6.07) is 11.2. The standard InChI is InChI=1S/C22H22F3N3O3/c1-31-19-8-7-15(9-17(19)23)26-20(29)18-10-22(24,25)13-28(18)16-11-27(12-16)21(30)14-5-3-2-4-6-14/h2-9,16,18H,10-13H2,1H3,(H,26,29)/t18-/m0/s1. The van der Waals surface area contributed by atoms with Crippen molar-refractivity contribution in [1.29, 1.82) is 0 Å². The quantitative estimate of drug-likeness (QED) is 0.788. The monoisotopic (exact) mass is 433 g/mol. The minimum absolute atomic E-state index is 0.0182. The Hall–Kier alpha value is -3.07. The van der Waals surface area contributed by atoms with E-state index in [1.54, 1.807) is 35.2 Å². The van der Waals surface area contributed by atoms with Crippen molar-refractivity contribution in [3.8, 4) is 5.75 Å². The highest BCUT2D eigenvalue weighted by atomic mass is 19.3. The first-order chi connectivity index (χ1) is 14.8. The molecule has 2 heterocycles. The summed E-state index contributed by atoms with van der Waals surface area (Å²) in [5.74, 6) is -4.46. The fourth-order valence-electron chi connectivity index (χ4n) is 4.03. The number of ether oxygens (including phenoxy) is 1. The smallest absolute Gasteiger partial charge is 0.262 e. The van der Waals surface area contributed by atoms with Crippen LogP contribution in [0.5, 0.6) is 5.75 Å². The highest BCUT2D eigenvalue weighted by molar-refractivity contribution is 5.96. The van der Waals surface area contributed by atoms with Crippen molar-refractivity contribution in [3.63, 3.8) is 0 Å². The van der Waals surface area contributed by atoms with Gasteiger partial charge in [0, 0.05) is 42.9 Å². The highest BCUT2D eigenvalue weighted by Gasteiger charge is 2.52. The average Bonchev–Trinajstić information content (AvgIpc) is 3.03. The van der Waals surface area contributed by atoms with Gasteiger partial charge in [-0.3, -0.25) is 14.5 Å². The van der Waals surface area contributed by atoms with Crippen molar-refractivity contribution in [2.75, 3.05) is 32.1 Å². The number of carbonyl (C=O) groups excluding carboxylic acids is 2. The molecule has 4 rings (SSSR count). The third-order valence-electron chi connectivity index (χ3n) is 5.67. The molecule has 2 aromatic carbocycles. The highest BCUT2D eigenvalue weighted by Crippen LogP contribution is 2.36. The molecule has 2 aliphatic rings. The van der Waals surface area contributed by atoms with E-state index < -0.39 is 36.7 Å². The van der Waals surface area contributed by atoms with Gasteiger partial charge in [-0.25, -0.2) is 13.2 Å². The Morgan fingerprint density at radius 3 is 2.48 bits per heavy atom. The van der Waals surface area contributed by atoms with Crippen LogP contribution in [-0.2, 0) is 4.79 Å². The van der Waals surface area contributed by atoms with Crippen molar-refractivity contribution in [2.24, 2.45) is 0 Å². The van der Waals surface area contributed by atoms with Crippen LogP contribution in [0.4, 0.5) is 18.9 Å². The maximum absolute atomic E-state index is 14.2. The SMILES string of the molecule is COc1ccc(NC(=O)[C@@H]2CC(F)(F)CN2C2CN(C(=O)c3ccccc3)C2)cc1F. The fourth-order valence-corrected chi connectivity index (χ4v) is 4.03. The lowest BCUT2D eigenvalue weighted by Crippen LogP contribution is -2.63. The lowest BCUT2D eigenvalue weighted by atomic mass is 10.0. The van der Waals surface area contributed by atoms with Crippen molar-refractivity contribution >= 4 is 17.5 Å². The number of hydrogen-bond donors (Lipinski definition) is 1. The summed E-state index contributed by atoms with van der Waals surface area (Å²) in [4.78, 5) is 28.3. The molecule has 2 aliphatic heterocycles. The number of likely N-dealkylation sites (tertiary alicyclic amines) is 2. The molecule has 2 aromatic rings. The Balaban J connectivity index is 1.42. The lowest BCUT2D eigenvalue weighted by Gasteiger charge is -2.45. The number of alkyl halides is 2. The first-order valence-electron chi connectivity index (χ1n) is 9.90. The minimum atomic E-state index is -3.02. The molecule has 0 spiro atoms. The summed E-state index contributed by atoms with van der Waals surface area (Å²) >= 11 is 0. The molecule has 1 atom stereocenters. The number of nitrogens with one attached hydrogen (secondary N) is 1. The number of rotatable bonds is 5. The topological polar surface area (TPSA) is 61.9 Å². The fraction of sp³-hybridized carbons (Fsp3) is 0.364. The molecule has 0 radical (unpaired) electrons. The van der Waals surface area contributed by atoms with Crippen LogP contribution in [0.3, 0.4) is 0 Å². The third kappa shape index (κ3) is 4.36. The van der Waals surface area contributed by atoms with Gasteiger partial charge in [-0.15, -0.1) is 0 Å². The Morgan fingerprint density at radius 2 is 1.84 bits per heavy atom. The van der Waals surface area contributed by atoms with Crippen LogP contribution in [0.1, 0.15) is 16.8 Å². The molecule has 31 heavy (non-hydrogen) atoms. The lowest BCUT2D eigenvalue weighted by molar-refractivity contribution is -0.122. The van der Waals surface area contributed by atoms with Crippen molar-refractivity contribution in [3.05, 3.63) is 59.9 Å². The normalized spacial score (nSPS) is 20.9. The van der Waals surface area contributed by atoms with Crippen LogP contribution in [-0.4, -0.2) is 66.4 Å². The van der Waals surface area contributed by atoms with Gasteiger partial charge < -0.3 is 15.0 Å². The molecule has 2 saturated heterocycles. The number of halogens is 3. The predicted molar refractivity (Wildman–Crippen MR) is 108 cm³/mol. The van der Waals surface area contributed by atoms with Gasteiger partial charge in [-0.2, -0.15) is 0 Å². The minimum Gasteiger partial charge on any atom is -0.494 e. The molecule has 1 N–H and O–H groups in total. The average molecular weight is 433 g/mol. The van der Waals surface area contributed by atoms with Gasteiger partial charge in [0.25, 0.3) is 11.8 Å². The van der Waals surface area contributed by atoms with Gasteiger partial charge >= 0.3 is 0 Å². The van der Waals surface area contributed by atoms with Crippen LogP contribution < -0.4 is 10.1 Å². The maximum atomic E-state index is 14.2. The van der Waals surface area contributed by atoms with E-state index in [0.717, 1.165) is 6.07 Å². The Kier molecular flexibility index (Phi) is 5.62. The Bertz CT molecular complexity index is 980. The second kappa shape index (κ2) is 8.22. The number of methoxy groups -OCH3 is 1. The molecule has 0 aromatic heterocycles. The molecule has 2 amide bonds. The zero-order valence-corrected chi connectivity index (χ0v) is 16.9. The number of carbonyl (C=O) groups is 2. The molecule has 0 unspecified atom stereocenters. The summed E-state index contributed by atoms with van der Waals surface area (Å²) in [5.41, 5.74) is 0.691. The summed E-state index contributed by atoms with van der Waals surface area (Å²) in [6.45, 7) is -0.0183. The molecule has 0 aliphatic carbocycles. The molecule has 9 heteroatoms. The summed E-state index contributed by atoms with van der Waals surface area (Å²) in [5, 5.41) is 2.52. The summed E-state index contributed by atoms with van der Waals surface area (Å²) in [6.07, 6.45) is -0.624. The predicted octanol–water partition coefficient (Wildman–Crippen LogP) is 3.01. The van der Waals surface area contributed by atoms with E-state index in [1.165, 1.54) is 24.1 Å². The molecule has 164 valence electrons. The van der Waals surface area contributed by atoms with Crippen molar-refractivity contribution < 1.29 is 27.5 Å². The zero-order chi connectivity index (χ0) is 22.2. The maximum Gasteiger partial charge on any atom is 0.262 e. The number of anilines is 1. The van der Waals surface area contributed by atoms with Crippen LogP contribution in [0.2, 0.25) is 0 Å². The summed E-state index contributed by atoms with van der Waals surface area (Å²) in [7, 11) is 1.32. The van der Waals surface area contributed by atoms with Crippen LogP contribution in [0.25, 0.3) is 0 Å². The molecule has 0 bridgehead atoms. The molecular weight excluding hydrogens is 411 g/mol. The second-order valence-corrected chi connectivity index (χ2v) is 7.82. The zero-order valence-electron chi connectivity index (χ0n) is 16.9. The van der Waals surface area contributed by atoms with Gasteiger partial charge in [0.05, 0.1) is 19.7 Å². The van der Waals surface area contributed by atoms with Gasteiger partial charge in [-0.05, 0) is 24.3 Å². The van der Waals surface area contributed by atoms with E-state index in [9.17, 15) is 22.8 Å². The van der Waals surface area contributed by atoms with Gasteiger partial charge in [0.15, 0.2) is 11.6 Å². The van der Waals surface area contributed by atoms with Crippen molar-refractivity contribution in [1.82, 2.24) is 9.80 Å². The van der Waals surface area contributed by atoms with Gasteiger partial charge in [0.2, 0.25) is 5.91 Å². The second-order valence-electron chi connectivity index (χ2n) is 7.82. The third-order valence-corrected chi connectivity index (χ3v) is 5.67. The van der Waals surface area contributed by atoms with E-state index in [4.69, 9.17) is 4.74 Å². The first kappa shape index (κ1) is 21.2. The number of amides is 2. The van der Waals surface area contributed by atoms with E-state index in [0.29, 0.717) is 5.56 Å². The van der Waals surface area contributed by atoms with Gasteiger partial charge in [-0.1, -0.05) is 18.2 Å². The molecule has 0 saturated carbocycles. The number of hydrogen-bond acceptors (Lipinski definition) is 4. The van der Waals surface area contributed by atoms with Crippen LogP contribution >= 0.6 is 0 Å². The van der Waals surface area contributed by atoms with Crippen LogP contribution in [0.15, 0.2) is 48.5 Å². The molecular formula is C22H22F3N3O3. The Labute approximate surface area is 177 Å². The van der Waals surface area contributed by atoms with Crippen molar-refractivity contribution in [2.45, 2.75) is 24.4 Å². The van der Waals surface area contributed by atoms with Crippen LogP contribution in [0, 0.1) is 5.82 Å². The van der Waals surface area contributed by atoms with E-state index in [1.807, 2.05) is 0 Å². The van der Waals surface area contributed by atoms with E-state index in [-0.39, 0.29) is 36.5 Å².